The van der Waals surface area contributed by atoms with Crippen LogP contribution in [0.25, 0.3) is 0 Å². The van der Waals surface area contributed by atoms with Crippen LogP contribution in [0.4, 0.5) is 4.79 Å². The van der Waals surface area contributed by atoms with Crippen molar-refractivity contribution in [2.75, 3.05) is 33.4 Å². The fraction of sp³-hybridized carbons (Fsp3) is 0.800. The summed E-state index contributed by atoms with van der Waals surface area (Å²) in [6.07, 6.45) is 6.23. The Morgan fingerprint density at radius 1 is 1.27 bits per heavy atom. The lowest BCUT2D eigenvalue weighted by molar-refractivity contribution is -0.779. The predicted molar refractivity (Wildman–Crippen MR) is 107 cm³/mol. The number of hydrogen-bond donors (Lipinski definition) is 3. The van der Waals surface area contributed by atoms with Gasteiger partial charge < -0.3 is 15.8 Å². The van der Waals surface area contributed by atoms with Gasteiger partial charge in [-0.05, 0) is 18.8 Å². The zero-order chi connectivity index (χ0) is 22.1. The molecule has 2 rings (SSSR count). The van der Waals surface area contributed by atoms with Gasteiger partial charge in [-0.15, -0.1) is 0 Å². The van der Waals surface area contributed by atoms with Crippen molar-refractivity contribution in [1.82, 2.24) is 10.4 Å². The minimum atomic E-state index is -0.950. The molecule has 1 unspecified atom stereocenters. The van der Waals surface area contributed by atoms with Crippen molar-refractivity contribution in [2.24, 2.45) is 17.6 Å². The fourth-order valence-electron chi connectivity index (χ4n) is 4.93. The summed E-state index contributed by atoms with van der Waals surface area (Å²) in [4.78, 5) is 50.2. The first-order valence-corrected chi connectivity index (χ1v) is 10.8. The quantitative estimate of drug-likeness (QED) is 0.146. The smallest absolute Gasteiger partial charge is 0.385 e. The number of amides is 5. The molecule has 1 aliphatic carbocycles. The average molecular weight is 428 g/mol. The van der Waals surface area contributed by atoms with Gasteiger partial charge in [-0.2, -0.15) is 4.48 Å². The molecular formula is C20H35N4O6+. The fourth-order valence-corrected chi connectivity index (χ4v) is 4.93. The Morgan fingerprint density at radius 3 is 2.57 bits per heavy atom. The standard InChI is InChI=1S/C20H34N4O6/c1-30-11-5-9-22-20(28)24(10-4-8-17(24)18(21)26)19(27)16(13-23(29)14-25)12-15-6-2-3-7-15/h14-17,29H,2-13H2,1H3,(H2-,21,22,26,28)/p+1/t16-,17+,24?/m1/s1. The van der Waals surface area contributed by atoms with E-state index in [-0.39, 0.29) is 19.5 Å². The SMILES string of the molecule is COCCCNC(=O)[N+]1(C(=O)[C@H](CC2CCCC2)CN(O)C=O)CCC[C@H]1C(N)=O. The number of hydroxylamine groups is 2. The third kappa shape index (κ3) is 5.55. The summed E-state index contributed by atoms with van der Waals surface area (Å²) >= 11 is 0. The Hall–Kier alpha value is -2.04. The number of ether oxygens (including phenoxy) is 1. The average Bonchev–Trinajstić information content (AvgIpc) is 3.40. The Kier molecular flexibility index (Phi) is 9.19. The summed E-state index contributed by atoms with van der Waals surface area (Å²) in [5.41, 5.74) is 5.59. The molecule has 1 aliphatic heterocycles. The van der Waals surface area contributed by atoms with Crippen molar-refractivity contribution < 1.29 is 33.6 Å². The number of urea groups is 1. The van der Waals surface area contributed by atoms with Gasteiger partial charge in [-0.25, -0.2) is 14.7 Å². The van der Waals surface area contributed by atoms with Gasteiger partial charge in [0.1, 0.15) is 0 Å². The minimum absolute atomic E-state index is 0.177. The van der Waals surface area contributed by atoms with Crippen molar-refractivity contribution in [3.8, 4) is 0 Å². The lowest BCUT2D eigenvalue weighted by Crippen LogP contribution is -2.68. The van der Waals surface area contributed by atoms with Crippen molar-refractivity contribution in [2.45, 2.75) is 57.4 Å². The number of carbonyl (C=O) groups excluding carboxylic acids is 4. The normalized spacial score (nSPS) is 25.1. The second-order valence-corrected chi connectivity index (χ2v) is 8.38. The van der Waals surface area contributed by atoms with Gasteiger partial charge in [0.15, 0.2) is 6.04 Å². The van der Waals surface area contributed by atoms with Crippen LogP contribution < -0.4 is 11.1 Å². The maximum Gasteiger partial charge on any atom is 0.424 e. The van der Waals surface area contributed by atoms with Gasteiger partial charge in [0, 0.05) is 33.1 Å². The maximum atomic E-state index is 13.8. The molecular weight excluding hydrogens is 392 g/mol. The number of nitrogens with one attached hydrogen (secondary N) is 1. The highest BCUT2D eigenvalue weighted by atomic mass is 16.5. The molecule has 2 aliphatic rings. The molecule has 4 N–H and O–H groups in total. The summed E-state index contributed by atoms with van der Waals surface area (Å²) in [6.45, 7) is 0.729. The summed E-state index contributed by atoms with van der Waals surface area (Å²) in [5.74, 6) is -1.61. The summed E-state index contributed by atoms with van der Waals surface area (Å²) in [6, 6.07) is -1.50. The molecule has 1 saturated heterocycles. The van der Waals surface area contributed by atoms with Gasteiger partial charge in [-0.3, -0.25) is 14.8 Å². The van der Waals surface area contributed by atoms with E-state index in [4.69, 9.17) is 10.5 Å². The Balaban J connectivity index is 2.30. The van der Waals surface area contributed by atoms with E-state index in [1.807, 2.05) is 0 Å². The molecule has 0 bridgehead atoms. The first-order valence-electron chi connectivity index (χ1n) is 10.8. The second kappa shape index (κ2) is 11.4. The van der Waals surface area contributed by atoms with E-state index in [0.29, 0.717) is 49.8 Å². The molecule has 10 nitrogen and oxygen atoms in total. The molecule has 2 fully saturated rings. The molecule has 170 valence electrons. The van der Waals surface area contributed by atoms with E-state index < -0.39 is 34.3 Å². The summed E-state index contributed by atoms with van der Waals surface area (Å²) < 4.78 is 4.30. The number of primary amides is 1. The summed E-state index contributed by atoms with van der Waals surface area (Å²) in [7, 11) is 1.56. The van der Waals surface area contributed by atoms with E-state index in [9.17, 15) is 24.4 Å². The highest BCUT2D eigenvalue weighted by Gasteiger charge is 2.58. The van der Waals surface area contributed by atoms with Crippen LogP contribution in [0.2, 0.25) is 0 Å². The number of quaternary nitrogens is 1. The molecule has 3 atom stereocenters. The number of nitrogens with two attached hydrogens (primary N) is 1. The van der Waals surface area contributed by atoms with Crippen molar-refractivity contribution in [1.29, 1.82) is 0 Å². The Labute approximate surface area is 177 Å². The van der Waals surface area contributed by atoms with Crippen LogP contribution in [0.3, 0.4) is 0 Å². The van der Waals surface area contributed by atoms with Crippen molar-refractivity contribution in [3.05, 3.63) is 0 Å². The maximum absolute atomic E-state index is 13.8. The third-order valence-electron chi connectivity index (χ3n) is 6.38. The topological polar surface area (TPSA) is 139 Å². The molecule has 0 aromatic heterocycles. The molecule has 5 amide bonds. The van der Waals surface area contributed by atoms with E-state index in [1.54, 1.807) is 7.11 Å². The van der Waals surface area contributed by atoms with E-state index in [2.05, 4.69) is 5.32 Å². The molecule has 0 radical (unpaired) electrons. The summed E-state index contributed by atoms with van der Waals surface area (Å²) in [5, 5.41) is 13.0. The zero-order valence-corrected chi connectivity index (χ0v) is 17.8. The molecule has 1 saturated carbocycles. The monoisotopic (exact) mass is 427 g/mol. The highest BCUT2D eigenvalue weighted by Crippen LogP contribution is 2.35. The Bertz CT molecular complexity index is 624. The zero-order valence-electron chi connectivity index (χ0n) is 17.8. The van der Waals surface area contributed by atoms with Gasteiger partial charge in [0.2, 0.25) is 6.41 Å². The van der Waals surface area contributed by atoms with Gasteiger partial charge in [0.05, 0.1) is 19.0 Å². The van der Waals surface area contributed by atoms with Crippen LogP contribution in [0.15, 0.2) is 0 Å². The van der Waals surface area contributed by atoms with Crippen LogP contribution in [0, 0.1) is 11.8 Å². The largest absolute Gasteiger partial charge is 0.424 e. The number of rotatable bonds is 11. The lowest BCUT2D eigenvalue weighted by atomic mass is 9.90. The molecule has 30 heavy (non-hydrogen) atoms. The van der Waals surface area contributed by atoms with Gasteiger partial charge in [-0.1, -0.05) is 25.7 Å². The number of carbonyl (C=O) groups is 4. The van der Waals surface area contributed by atoms with E-state index >= 15 is 0 Å². The first kappa shape index (κ1) is 24.2. The van der Waals surface area contributed by atoms with Gasteiger partial charge in [0.25, 0.3) is 5.91 Å². The first-order chi connectivity index (χ1) is 14.4. The lowest BCUT2D eigenvalue weighted by Gasteiger charge is -2.36. The van der Waals surface area contributed by atoms with Crippen LogP contribution >= 0.6 is 0 Å². The number of hydrogen-bond acceptors (Lipinski definition) is 6. The molecule has 10 heteroatoms. The molecule has 0 spiro atoms. The van der Waals surface area contributed by atoms with Crippen LogP contribution in [0.1, 0.15) is 51.4 Å². The van der Waals surface area contributed by atoms with Gasteiger partial charge >= 0.3 is 11.9 Å². The minimum Gasteiger partial charge on any atom is -0.385 e. The molecule has 0 aromatic carbocycles. The molecule has 1 heterocycles. The van der Waals surface area contributed by atoms with Crippen LogP contribution in [0.5, 0.6) is 0 Å². The third-order valence-corrected chi connectivity index (χ3v) is 6.38. The highest BCUT2D eigenvalue weighted by molar-refractivity contribution is 5.91. The Morgan fingerprint density at radius 2 is 1.97 bits per heavy atom. The number of nitrogens with zero attached hydrogens (tertiary/aromatic N) is 2. The number of methoxy groups -OCH3 is 1. The van der Waals surface area contributed by atoms with Crippen LogP contribution in [-0.4, -0.2) is 78.4 Å². The molecule has 0 aromatic rings. The van der Waals surface area contributed by atoms with Crippen molar-refractivity contribution in [3.63, 3.8) is 0 Å². The van der Waals surface area contributed by atoms with Crippen LogP contribution in [-0.2, 0) is 19.1 Å². The number of likely N-dealkylation sites (tertiary alicyclic amines) is 1. The number of imide groups is 1. The predicted octanol–water partition coefficient (Wildman–Crippen LogP) is 0.768. The second-order valence-electron chi connectivity index (χ2n) is 8.38. The van der Waals surface area contributed by atoms with E-state index in [1.165, 1.54) is 0 Å². The van der Waals surface area contributed by atoms with Crippen molar-refractivity contribution >= 4 is 24.3 Å². The van der Waals surface area contributed by atoms with E-state index in [0.717, 1.165) is 25.7 Å².